The van der Waals surface area contributed by atoms with Crippen molar-refractivity contribution in [2.45, 2.75) is 5.92 Å². The molecular weight excluding hydrogens is 438 g/mol. The Bertz CT molecular complexity index is 801. The molecule has 0 aliphatic heterocycles. The Morgan fingerprint density at radius 2 is 1.04 bits per heavy atom. The van der Waals surface area contributed by atoms with E-state index in [4.69, 9.17) is 0 Å². The molecule has 0 N–H and O–H groups in total. The summed E-state index contributed by atoms with van der Waals surface area (Å²) in [5.41, 5.74) is 6.22. The summed E-state index contributed by atoms with van der Waals surface area (Å²) < 4.78 is 0. The van der Waals surface area contributed by atoms with Crippen LogP contribution in [0.5, 0.6) is 0 Å². The molecule has 0 nitrogen and oxygen atoms in total. The SMILES string of the molecule is [C-]1=C(c2ccccc2)C(c2ccccc2)=CC1c1ccccc1.[Cl-].[Cl-].[Zr+3]. The molecule has 3 aromatic carbocycles. The summed E-state index contributed by atoms with van der Waals surface area (Å²) in [6.07, 6.45) is 6.02. The van der Waals surface area contributed by atoms with Gasteiger partial charge in [-0.3, -0.25) is 0 Å². The Morgan fingerprint density at radius 3 is 1.58 bits per heavy atom. The first-order valence-corrected chi connectivity index (χ1v) is 7.93. The van der Waals surface area contributed by atoms with Gasteiger partial charge in [0.25, 0.3) is 0 Å². The molecule has 0 saturated carbocycles. The average molecular weight is 456 g/mol. The number of hydrogen-bond acceptors (Lipinski definition) is 0. The fraction of sp³-hybridized carbons (Fsp3) is 0.0435. The number of halogens is 2. The standard InChI is InChI=1S/C23H17.2ClH.Zr/c1-4-10-18(11-5-1)21-16-22(19-12-6-2-7-13-19)23(17-21)20-14-8-3-9-15-20;;;/h1-16,21H;2*1H;/q-1;;;+3/p-2. The summed E-state index contributed by atoms with van der Waals surface area (Å²) in [4.78, 5) is 0. The van der Waals surface area contributed by atoms with Crippen LogP contribution >= 0.6 is 0 Å². The minimum absolute atomic E-state index is 0. The fourth-order valence-corrected chi connectivity index (χ4v) is 3.07. The summed E-state index contributed by atoms with van der Waals surface area (Å²) in [5, 5.41) is 0. The second-order valence-electron chi connectivity index (χ2n) is 5.72. The monoisotopic (exact) mass is 453 g/mol. The van der Waals surface area contributed by atoms with Gasteiger partial charge in [-0.2, -0.15) is 11.6 Å². The molecule has 3 aromatic rings. The van der Waals surface area contributed by atoms with E-state index < -0.39 is 0 Å². The Hall–Kier alpha value is -1.40. The maximum atomic E-state index is 3.70. The molecule has 1 radical (unpaired) electrons. The molecule has 0 amide bonds. The fourth-order valence-electron chi connectivity index (χ4n) is 3.07. The van der Waals surface area contributed by atoms with Crippen LogP contribution in [0.15, 0.2) is 97.1 Å². The zero-order valence-electron chi connectivity index (χ0n) is 14.1. The first-order chi connectivity index (χ1) is 11.4. The van der Waals surface area contributed by atoms with Gasteiger partial charge in [0.05, 0.1) is 0 Å². The predicted octanol–water partition coefficient (Wildman–Crippen LogP) is -0.240. The first kappa shape index (κ1) is 22.6. The van der Waals surface area contributed by atoms with Crippen molar-refractivity contribution in [1.82, 2.24) is 0 Å². The van der Waals surface area contributed by atoms with Crippen molar-refractivity contribution in [1.29, 1.82) is 0 Å². The molecule has 1 atom stereocenters. The quantitative estimate of drug-likeness (QED) is 0.479. The van der Waals surface area contributed by atoms with Gasteiger partial charge in [-0.1, -0.05) is 90.0 Å². The number of rotatable bonds is 3. The third-order valence-electron chi connectivity index (χ3n) is 4.21. The summed E-state index contributed by atoms with van der Waals surface area (Å²) in [7, 11) is 0. The zero-order valence-corrected chi connectivity index (χ0v) is 18.0. The van der Waals surface area contributed by atoms with Crippen molar-refractivity contribution in [3.8, 4) is 0 Å². The molecule has 127 valence electrons. The van der Waals surface area contributed by atoms with E-state index in [1.54, 1.807) is 0 Å². The Labute approximate surface area is 187 Å². The van der Waals surface area contributed by atoms with Crippen LogP contribution in [0.2, 0.25) is 0 Å². The normalized spacial score (nSPS) is 14.8. The van der Waals surface area contributed by atoms with Gasteiger partial charge < -0.3 is 24.8 Å². The molecule has 26 heavy (non-hydrogen) atoms. The van der Waals surface area contributed by atoms with E-state index in [1.807, 2.05) is 0 Å². The summed E-state index contributed by atoms with van der Waals surface area (Å²) in [6.45, 7) is 0. The Kier molecular flexibility index (Phi) is 9.30. The van der Waals surface area contributed by atoms with Crippen molar-refractivity contribution in [2.75, 3.05) is 0 Å². The van der Waals surface area contributed by atoms with Crippen molar-refractivity contribution in [3.63, 3.8) is 0 Å². The molecule has 0 fully saturated rings. The van der Waals surface area contributed by atoms with Crippen molar-refractivity contribution < 1.29 is 51.0 Å². The Morgan fingerprint density at radius 1 is 0.577 bits per heavy atom. The molecule has 0 bridgehead atoms. The molecule has 1 unspecified atom stereocenters. The van der Waals surface area contributed by atoms with Crippen LogP contribution in [0.4, 0.5) is 0 Å². The molecule has 0 heterocycles. The van der Waals surface area contributed by atoms with Crippen LogP contribution in [0.3, 0.4) is 0 Å². The van der Waals surface area contributed by atoms with Gasteiger partial charge in [-0.05, 0) is 5.92 Å². The third kappa shape index (κ3) is 4.86. The van der Waals surface area contributed by atoms with Crippen molar-refractivity contribution in [3.05, 3.63) is 120 Å². The summed E-state index contributed by atoms with van der Waals surface area (Å²) in [6, 6.07) is 31.7. The van der Waals surface area contributed by atoms with Crippen LogP contribution in [0.25, 0.3) is 11.1 Å². The van der Waals surface area contributed by atoms with Gasteiger partial charge in [-0.15, -0.1) is 29.3 Å². The van der Waals surface area contributed by atoms with Crippen LogP contribution < -0.4 is 24.8 Å². The predicted molar refractivity (Wildman–Crippen MR) is 96.7 cm³/mol. The van der Waals surface area contributed by atoms with E-state index in [-0.39, 0.29) is 56.9 Å². The molecule has 1 aliphatic rings. The number of benzene rings is 3. The Balaban J connectivity index is 0.00000113. The van der Waals surface area contributed by atoms with Gasteiger partial charge in [0, 0.05) is 0 Å². The van der Waals surface area contributed by atoms with E-state index >= 15 is 0 Å². The van der Waals surface area contributed by atoms with Gasteiger partial charge in [0.15, 0.2) is 0 Å². The smallest absolute Gasteiger partial charge is 1.00 e. The summed E-state index contributed by atoms with van der Waals surface area (Å²) >= 11 is 0. The van der Waals surface area contributed by atoms with Gasteiger partial charge in [-0.25, -0.2) is 0 Å². The summed E-state index contributed by atoms with van der Waals surface area (Å²) in [5.74, 6) is 0.210. The minimum Gasteiger partial charge on any atom is -1.00 e. The van der Waals surface area contributed by atoms with Gasteiger partial charge in [0.2, 0.25) is 0 Å². The minimum atomic E-state index is 0. The molecule has 0 aromatic heterocycles. The van der Waals surface area contributed by atoms with Crippen molar-refractivity contribution >= 4 is 11.1 Å². The second kappa shape index (κ2) is 10.7. The van der Waals surface area contributed by atoms with E-state index in [9.17, 15) is 0 Å². The molecular formula is C23H17Cl2Zr. The van der Waals surface area contributed by atoms with Gasteiger partial charge >= 0.3 is 26.2 Å². The average Bonchev–Trinajstić information content (AvgIpc) is 3.09. The van der Waals surface area contributed by atoms with E-state index in [2.05, 4.69) is 103 Å². The van der Waals surface area contributed by atoms with Crippen LogP contribution in [-0.4, -0.2) is 0 Å². The molecule has 4 rings (SSSR count). The van der Waals surface area contributed by atoms with Crippen LogP contribution in [0, 0.1) is 6.08 Å². The van der Waals surface area contributed by atoms with E-state index in [1.165, 1.54) is 27.8 Å². The first-order valence-electron chi connectivity index (χ1n) is 7.93. The molecule has 0 spiro atoms. The number of hydrogen-bond donors (Lipinski definition) is 0. The van der Waals surface area contributed by atoms with Crippen LogP contribution in [0.1, 0.15) is 22.6 Å². The second-order valence-corrected chi connectivity index (χ2v) is 5.72. The zero-order chi connectivity index (χ0) is 15.5. The molecule has 3 heteroatoms. The van der Waals surface area contributed by atoms with Crippen LogP contribution in [-0.2, 0) is 26.2 Å². The topological polar surface area (TPSA) is 0 Å². The maximum absolute atomic E-state index is 3.70. The maximum Gasteiger partial charge on any atom is 3.00 e. The largest absolute Gasteiger partial charge is 3.00 e. The van der Waals surface area contributed by atoms with E-state index in [0.717, 1.165) is 0 Å². The van der Waals surface area contributed by atoms with Gasteiger partial charge in [0.1, 0.15) is 0 Å². The third-order valence-corrected chi connectivity index (χ3v) is 4.21. The molecule has 1 aliphatic carbocycles. The van der Waals surface area contributed by atoms with Crippen molar-refractivity contribution in [2.24, 2.45) is 0 Å². The molecule has 0 saturated heterocycles. The van der Waals surface area contributed by atoms with E-state index in [0.29, 0.717) is 0 Å². The number of allylic oxidation sites excluding steroid dienone is 4.